The number of anilines is 1. The molecular formula is C21H22FN3O3S. The molecule has 0 saturated carbocycles. The molecule has 0 aliphatic rings. The van der Waals surface area contributed by atoms with Crippen molar-refractivity contribution in [1.82, 2.24) is 4.57 Å². The molecule has 1 aromatic heterocycles. The van der Waals surface area contributed by atoms with E-state index in [0.29, 0.717) is 21.7 Å². The zero-order valence-corrected chi connectivity index (χ0v) is 17.3. The van der Waals surface area contributed by atoms with Gasteiger partial charge in [-0.3, -0.25) is 9.59 Å². The molecule has 1 heterocycles. The third-order valence-corrected chi connectivity index (χ3v) is 5.36. The van der Waals surface area contributed by atoms with E-state index < -0.39 is 5.91 Å². The first-order valence-corrected chi connectivity index (χ1v) is 10.0. The lowest BCUT2D eigenvalue weighted by atomic mass is 10.2. The molecule has 152 valence electrons. The minimum absolute atomic E-state index is 0.135. The fourth-order valence-electron chi connectivity index (χ4n) is 2.84. The Morgan fingerprint density at radius 2 is 1.90 bits per heavy atom. The Bertz CT molecular complexity index is 1100. The van der Waals surface area contributed by atoms with Crippen molar-refractivity contribution in [2.75, 3.05) is 25.6 Å². The van der Waals surface area contributed by atoms with Crippen LogP contribution in [0.15, 0.2) is 47.5 Å². The zero-order valence-electron chi connectivity index (χ0n) is 16.5. The molecule has 29 heavy (non-hydrogen) atoms. The van der Waals surface area contributed by atoms with Gasteiger partial charge in [0, 0.05) is 31.9 Å². The molecule has 2 aromatic carbocycles. The van der Waals surface area contributed by atoms with Crippen LogP contribution in [0.2, 0.25) is 0 Å². The van der Waals surface area contributed by atoms with E-state index in [2.05, 4.69) is 4.99 Å². The van der Waals surface area contributed by atoms with Crippen LogP contribution in [0.25, 0.3) is 10.2 Å². The number of hydrogen-bond donors (Lipinski definition) is 0. The number of hydrogen-bond acceptors (Lipinski definition) is 5. The number of esters is 1. The quantitative estimate of drug-likeness (QED) is 0.577. The fraction of sp³-hybridized carbons (Fsp3) is 0.286. The zero-order chi connectivity index (χ0) is 21.0. The summed E-state index contributed by atoms with van der Waals surface area (Å²) in [5.74, 6) is -1.10. The molecule has 0 atom stereocenters. The number of aromatic nitrogens is 1. The van der Waals surface area contributed by atoms with Crippen LogP contribution >= 0.6 is 11.3 Å². The lowest BCUT2D eigenvalue weighted by molar-refractivity contribution is -0.143. The molecule has 0 saturated heterocycles. The maximum atomic E-state index is 13.6. The first kappa shape index (κ1) is 20.7. The third-order valence-electron chi connectivity index (χ3n) is 4.32. The molecule has 0 unspecified atom stereocenters. The molecule has 3 aromatic rings. The minimum Gasteiger partial charge on any atom is -0.466 e. The monoisotopic (exact) mass is 415 g/mol. The average molecular weight is 415 g/mol. The molecule has 0 aliphatic heterocycles. The molecule has 0 spiro atoms. The van der Waals surface area contributed by atoms with Gasteiger partial charge in [-0.2, -0.15) is 4.99 Å². The first-order chi connectivity index (χ1) is 13.9. The van der Waals surface area contributed by atoms with Crippen LogP contribution < -0.4 is 9.70 Å². The first-order valence-electron chi connectivity index (χ1n) is 9.20. The van der Waals surface area contributed by atoms with Gasteiger partial charge >= 0.3 is 5.97 Å². The lowest BCUT2D eigenvalue weighted by Gasteiger charge is -2.11. The number of carbonyl (C=O) groups excluding carboxylic acids is 2. The fourth-order valence-corrected chi connectivity index (χ4v) is 3.92. The predicted octanol–water partition coefficient (Wildman–Crippen LogP) is 3.60. The second-order valence-electron chi connectivity index (χ2n) is 6.56. The number of halogens is 1. The van der Waals surface area contributed by atoms with Gasteiger partial charge in [0.25, 0.3) is 5.91 Å². The van der Waals surface area contributed by atoms with Crippen LogP contribution in [0.3, 0.4) is 0 Å². The van der Waals surface area contributed by atoms with Crippen molar-refractivity contribution >= 4 is 39.1 Å². The van der Waals surface area contributed by atoms with Gasteiger partial charge in [-0.25, -0.2) is 4.39 Å². The van der Waals surface area contributed by atoms with Gasteiger partial charge in [0.1, 0.15) is 5.82 Å². The predicted molar refractivity (Wildman–Crippen MR) is 112 cm³/mol. The normalized spacial score (nSPS) is 11.7. The third kappa shape index (κ3) is 4.89. The average Bonchev–Trinajstić information content (AvgIpc) is 3.02. The summed E-state index contributed by atoms with van der Waals surface area (Å²) in [6, 6.07) is 11.5. The highest BCUT2D eigenvalue weighted by Crippen LogP contribution is 2.19. The molecule has 6 nitrogen and oxygen atoms in total. The summed E-state index contributed by atoms with van der Waals surface area (Å²) in [5, 5.41) is 0. The van der Waals surface area contributed by atoms with Gasteiger partial charge in [0.15, 0.2) is 4.80 Å². The van der Waals surface area contributed by atoms with Gasteiger partial charge in [0.05, 0.1) is 23.2 Å². The second-order valence-corrected chi connectivity index (χ2v) is 7.57. The number of ether oxygens (including phenoxy) is 1. The van der Waals surface area contributed by atoms with Crippen molar-refractivity contribution in [1.29, 1.82) is 0 Å². The number of benzene rings is 2. The molecule has 1 amide bonds. The number of nitrogens with zero attached hydrogens (tertiary/aromatic N) is 3. The summed E-state index contributed by atoms with van der Waals surface area (Å²) in [5.41, 5.74) is 2.15. The number of aryl methyl sites for hydroxylation is 1. The molecule has 0 fully saturated rings. The number of rotatable bonds is 6. The van der Waals surface area contributed by atoms with Crippen LogP contribution in [0, 0.1) is 5.82 Å². The Labute approximate surface area is 171 Å². The molecule has 0 N–H and O–H groups in total. The number of carbonyl (C=O) groups is 2. The maximum absolute atomic E-state index is 13.6. The van der Waals surface area contributed by atoms with Crippen molar-refractivity contribution in [2.24, 2.45) is 4.99 Å². The summed E-state index contributed by atoms with van der Waals surface area (Å²) in [4.78, 5) is 31.1. The minimum atomic E-state index is -0.396. The van der Waals surface area contributed by atoms with E-state index in [9.17, 15) is 14.0 Å². The summed E-state index contributed by atoms with van der Waals surface area (Å²) in [6.45, 7) is 2.34. The molecule has 3 rings (SSSR count). The van der Waals surface area contributed by atoms with E-state index >= 15 is 0 Å². The van der Waals surface area contributed by atoms with E-state index in [-0.39, 0.29) is 24.8 Å². The Hall–Kier alpha value is -3.00. The van der Waals surface area contributed by atoms with Crippen LogP contribution in [0.5, 0.6) is 0 Å². The van der Waals surface area contributed by atoms with Gasteiger partial charge < -0.3 is 14.2 Å². The van der Waals surface area contributed by atoms with Crippen molar-refractivity contribution in [2.45, 2.75) is 19.9 Å². The van der Waals surface area contributed by atoms with E-state index in [4.69, 9.17) is 4.74 Å². The van der Waals surface area contributed by atoms with E-state index in [1.807, 2.05) is 31.1 Å². The smallest absolute Gasteiger partial charge is 0.307 e. The van der Waals surface area contributed by atoms with E-state index in [1.54, 1.807) is 29.7 Å². The van der Waals surface area contributed by atoms with Crippen LogP contribution in [-0.4, -0.2) is 37.1 Å². The van der Waals surface area contributed by atoms with E-state index in [0.717, 1.165) is 11.2 Å². The molecular weight excluding hydrogens is 393 g/mol. The van der Waals surface area contributed by atoms with E-state index in [1.165, 1.54) is 23.5 Å². The number of fused-ring (bicyclic) bond motifs is 1. The summed E-state index contributed by atoms with van der Waals surface area (Å²) in [6.07, 6.45) is 0.135. The molecule has 8 heteroatoms. The number of amides is 1. The highest BCUT2D eigenvalue weighted by Gasteiger charge is 2.12. The Balaban J connectivity index is 1.98. The Morgan fingerprint density at radius 3 is 2.55 bits per heavy atom. The summed E-state index contributed by atoms with van der Waals surface area (Å²) >= 11 is 1.21. The van der Waals surface area contributed by atoms with Crippen molar-refractivity contribution in [3.05, 3.63) is 58.6 Å². The van der Waals surface area contributed by atoms with Crippen molar-refractivity contribution < 1.29 is 18.7 Å². The van der Waals surface area contributed by atoms with Crippen LogP contribution in [0.1, 0.15) is 23.7 Å². The van der Waals surface area contributed by atoms with Crippen molar-refractivity contribution in [3.63, 3.8) is 0 Å². The highest BCUT2D eigenvalue weighted by molar-refractivity contribution is 7.16. The topological polar surface area (TPSA) is 63.9 Å². The summed E-state index contributed by atoms with van der Waals surface area (Å²) < 4.78 is 21.0. The SMILES string of the molecule is CCOC(=O)CCn1c(=NC(=O)c2ccc(N(C)C)cc2)sc2cc(F)ccc21. The Kier molecular flexibility index (Phi) is 6.43. The second kappa shape index (κ2) is 9.00. The van der Waals surface area contributed by atoms with Gasteiger partial charge in [-0.1, -0.05) is 11.3 Å². The highest BCUT2D eigenvalue weighted by atomic mass is 32.1. The van der Waals surface area contributed by atoms with Gasteiger partial charge in [-0.05, 0) is 49.4 Å². The van der Waals surface area contributed by atoms with Crippen LogP contribution in [-0.2, 0) is 16.1 Å². The van der Waals surface area contributed by atoms with Gasteiger partial charge in [-0.15, -0.1) is 0 Å². The van der Waals surface area contributed by atoms with Crippen LogP contribution in [0.4, 0.5) is 10.1 Å². The standard InChI is InChI=1S/C21H22FN3O3S/c1-4-28-19(26)11-12-25-17-10-7-15(22)13-18(17)29-21(25)23-20(27)14-5-8-16(9-6-14)24(2)3/h5-10,13H,4,11-12H2,1-3H3. The summed E-state index contributed by atoms with van der Waals surface area (Å²) in [7, 11) is 3.84. The number of thiazole rings is 1. The molecule has 0 aliphatic carbocycles. The maximum Gasteiger partial charge on any atom is 0.307 e. The largest absolute Gasteiger partial charge is 0.466 e. The lowest BCUT2D eigenvalue weighted by Crippen LogP contribution is -2.19. The van der Waals surface area contributed by atoms with Crippen molar-refractivity contribution in [3.8, 4) is 0 Å². The molecule has 0 radical (unpaired) electrons. The van der Waals surface area contributed by atoms with Gasteiger partial charge in [0.2, 0.25) is 0 Å². The molecule has 0 bridgehead atoms. The Morgan fingerprint density at radius 1 is 1.17 bits per heavy atom.